The van der Waals surface area contributed by atoms with E-state index in [2.05, 4.69) is 22.1 Å². The summed E-state index contributed by atoms with van der Waals surface area (Å²) in [5, 5.41) is 10.4. The SMILES string of the molecule is Cc1cncc(C#CCNC(=O)O)c1. The summed E-state index contributed by atoms with van der Waals surface area (Å²) in [6.07, 6.45) is 2.31. The standard InChI is InChI=1S/C10H10N2O2/c1-8-5-9(7-11-6-8)3-2-4-12-10(13)14/h5-7,12H,4H2,1H3,(H,13,14). The van der Waals surface area contributed by atoms with E-state index in [1.54, 1.807) is 12.4 Å². The predicted molar refractivity (Wildman–Crippen MR) is 51.9 cm³/mol. The van der Waals surface area contributed by atoms with Crippen molar-refractivity contribution in [2.75, 3.05) is 6.54 Å². The smallest absolute Gasteiger partial charge is 0.405 e. The number of pyridine rings is 1. The van der Waals surface area contributed by atoms with E-state index in [4.69, 9.17) is 5.11 Å². The van der Waals surface area contributed by atoms with E-state index in [0.717, 1.165) is 11.1 Å². The Labute approximate surface area is 82.0 Å². The molecule has 14 heavy (non-hydrogen) atoms. The lowest BCUT2D eigenvalue weighted by atomic mass is 10.2. The van der Waals surface area contributed by atoms with Gasteiger partial charge in [-0.2, -0.15) is 0 Å². The molecule has 0 bridgehead atoms. The van der Waals surface area contributed by atoms with Crippen molar-refractivity contribution in [3.05, 3.63) is 29.6 Å². The van der Waals surface area contributed by atoms with Gasteiger partial charge in [-0.3, -0.25) is 4.98 Å². The minimum Gasteiger partial charge on any atom is -0.465 e. The van der Waals surface area contributed by atoms with Crippen LogP contribution < -0.4 is 5.32 Å². The van der Waals surface area contributed by atoms with E-state index in [0.29, 0.717) is 0 Å². The van der Waals surface area contributed by atoms with Crippen LogP contribution in [0.15, 0.2) is 18.5 Å². The quantitative estimate of drug-likeness (QED) is 0.649. The first-order valence-corrected chi connectivity index (χ1v) is 4.06. The molecule has 0 radical (unpaired) electrons. The molecular formula is C10H10N2O2. The summed E-state index contributed by atoms with van der Waals surface area (Å²) in [7, 11) is 0. The van der Waals surface area contributed by atoms with Crippen LogP contribution in [0.25, 0.3) is 0 Å². The molecule has 0 fully saturated rings. The Morgan fingerprint density at radius 2 is 2.43 bits per heavy atom. The number of hydrogen-bond acceptors (Lipinski definition) is 2. The Morgan fingerprint density at radius 3 is 3.07 bits per heavy atom. The molecule has 0 aromatic carbocycles. The maximum atomic E-state index is 10.1. The van der Waals surface area contributed by atoms with Gasteiger partial charge in [0.15, 0.2) is 0 Å². The highest BCUT2D eigenvalue weighted by molar-refractivity contribution is 5.64. The molecule has 4 nitrogen and oxygen atoms in total. The second-order valence-electron chi connectivity index (χ2n) is 2.71. The van der Waals surface area contributed by atoms with Gasteiger partial charge in [-0.05, 0) is 18.6 Å². The van der Waals surface area contributed by atoms with E-state index < -0.39 is 6.09 Å². The molecule has 1 amide bonds. The van der Waals surface area contributed by atoms with Crippen molar-refractivity contribution in [3.63, 3.8) is 0 Å². The van der Waals surface area contributed by atoms with Gasteiger partial charge in [0, 0.05) is 18.0 Å². The van der Waals surface area contributed by atoms with Gasteiger partial charge in [0.25, 0.3) is 0 Å². The number of nitrogens with zero attached hydrogens (tertiary/aromatic N) is 1. The molecule has 0 aliphatic heterocycles. The zero-order valence-corrected chi connectivity index (χ0v) is 7.74. The topological polar surface area (TPSA) is 62.2 Å². The monoisotopic (exact) mass is 190 g/mol. The number of carboxylic acid groups (broad SMARTS) is 1. The van der Waals surface area contributed by atoms with E-state index >= 15 is 0 Å². The average Bonchev–Trinajstić information content (AvgIpc) is 2.12. The largest absolute Gasteiger partial charge is 0.465 e. The van der Waals surface area contributed by atoms with Crippen LogP contribution in [0, 0.1) is 18.8 Å². The highest BCUT2D eigenvalue weighted by Gasteiger charge is 1.89. The van der Waals surface area contributed by atoms with Gasteiger partial charge < -0.3 is 10.4 Å². The van der Waals surface area contributed by atoms with Crippen LogP contribution in [-0.2, 0) is 0 Å². The summed E-state index contributed by atoms with van der Waals surface area (Å²) in [6.45, 7) is 2.05. The summed E-state index contributed by atoms with van der Waals surface area (Å²) < 4.78 is 0. The summed E-state index contributed by atoms with van der Waals surface area (Å²) in [5.41, 5.74) is 1.82. The molecular weight excluding hydrogens is 180 g/mol. The molecule has 0 spiro atoms. The highest BCUT2D eigenvalue weighted by atomic mass is 16.4. The summed E-state index contributed by atoms with van der Waals surface area (Å²) in [6, 6.07) is 1.89. The minimum atomic E-state index is -1.07. The molecule has 4 heteroatoms. The number of carbonyl (C=O) groups is 1. The highest BCUT2D eigenvalue weighted by Crippen LogP contribution is 1.98. The first-order chi connectivity index (χ1) is 6.68. The molecule has 1 rings (SSSR count). The lowest BCUT2D eigenvalue weighted by Gasteiger charge is -1.92. The van der Waals surface area contributed by atoms with Gasteiger partial charge in [0.2, 0.25) is 0 Å². The Kier molecular flexibility index (Phi) is 3.50. The Morgan fingerprint density at radius 1 is 1.64 bits per heavy atom. The molecule has 0 aliphatic rings. The first kappa shape index (κ1) is 10.1. The number of hydrogen-bond donors (Lipinski definition) is 2. The van der Waals surface area contributed by atoms with Crippen molar-refractivity contribution in [1.82, 2.24) is 10.3 Å². The fraction of sp³-hybridized carbons (Fsp3) is 0.200. The van der Waals surface area contributed by atoms with Crippen LogP contribution in [0.2, 0.25) is 0 Å². The molecule has 1 aromatic heterocycles. The number of nitrogens with one attached hydrogen (secondary N) is 1. The lowest BCUT2D eigenvalue weighted by molar-refractivity contribution is 0.196. The molecule has 0 saturated carbocycles. The Hall–Kier alpha value is -2.02. The summed E-state index contributed by atoms with van der Waals surface area (Å²) in [5.74, 6) is 5.48. The van der Waals surface area contributed by atoms with Crippen LogP contribution in [0.4, 0.5) is 4.79 Å². The van der Waals surface area contributed by atoms with Gasteiger partial charge in [-0.25, -0.2) is 4.79 Å². The second-order valence-corrected chi connectivity index (χ2v) is 2.71. The van der Waals surface area contributed by atoms with E-state index in [1.165, 1.54) is 0 Å². The van der Waals surface area contributed by atoms with Gasteiger partial charge in [0.05, 0.1) is 6.54 Å². The van der Waals surface area contributed by atoms with Gasteiger partial charge in [-0.1, -0.05) is 11.8 Å². The van der Waals surface area contributed by atoms with Gasteiger partial charge >= 0.3 is 6.09 Å². The van der Waals surface area contributed by atoms with Crippen molar-refractivity contribution in [3.8, 4) is 11.8 Å². The molecule has 0 aliphatic carbocycles. The van der Waals surface area contributed by atoms with Crippen molar-refractivity contribution >= 4 is 6.09 Å². The minimum absolute atomic E-state index is 0.128. The zero-order valence-electron chi connectivity index (χ0n) is 7.74. The second kappa shape index (κ2) is 4.87. The van der Waals surface area contributed by atoms with Gasteiger partial charge in [0.1, 0.15) is 0 Å². The molecule has 72 valence electrons. The van der Waals surface area contributed by atoms with Gasteiger partial charge in [-0.15, -0.1) is 0 Å². The summed E-state index contributed by atoms with van der Waals surface area (Å²) >= 11 is 0. The van der Waals surface area contributed by atoms with E-state index in [1.807, 2.05) is 13.0 Å². The van der Waals surface area contributed by atoms with Crippen molar-refractivity contribution < 1.29 is 9.90 Å². The third-order valence-corrected chi connectivity index (χ3v) is 1.44. The number of rotatable bonds is 1. The van der Waals surface area contributed by atoms with Crippen molar-refractivity contribution in [2.24, 2.45) is 0 Å². The normalized spacial score (nSPS) is 8.64. The van der Waals surface area contributed by atoms with Crippen LogP contribution in [0.1, 0.15) is 11.1 Å². The summed E-state index contributed by atoms with van der Waals surface area (Å²) in [4.78, 5) is 14.0. The first-order valence-electron chi connectivity index (χ1n) is 4.06. The maximum Gasteiger partial charge on any atom is 0.405 e. The molecule has 0 saturated heterocycles. The van der Waals surface area contributed by atoms with E-state index in [9.17, 15) is 4.79 Å². The van der Waals surface area contributed by atoms with Crippen LogP contribution in [-0.4, -0.2) is 22.7 Å². The Bertz CT molecular complexity index is 391. The van der Waals surface area contributed by atoms with Crippen molar-refractivity contribution in [2.45, 2.75) is 6.92 Å². The lowest BCUT2D eigenvalue weighted by Crippen LogP contribution is -2.20. The fourth-order valence-corrected chi connectivity index (χ4v) is 0.889. The number of amides is 1. The van der Waals surface area contributed by atoms with Crippen LogP contribution in [0.5, 0.6) is 0 Å². The molecule has 2 N–H and O–H groups in total. The van der Waals surface area contributed by atoms with E-state index in [-0.39, 0.29) is 6.54 Å². The maximum absolute atomic E-state index is 10.1. The van der Waals surface area contributed by atoms with Crippen LogP contribution >= 0.6 is 0 Å². The molecule has 1 aromatic rings. The van der Waals surface area contributed by atoms with Crippen molar-refractivity contribution in [1.29, 1.82) is 0 Å². The number of aromatic nitrogens is 1. The van der Waals surface area contributed by atoms with Crippen LogP contribution in [0.3, 0.4) is 0 Å². The molecule has 0 atom stereocenters. The third-order valence-electron chi connectivity index (χ3n) is 1.44. The fourth-order valence-electron chi connectivity index (χ4n) is 0.889. The predicted octanol–water partition coefficient (Wildman–Crippen LogP) is 1.01. The molecule has 1 heterocycles. The average molecular weight is 190 g/mol. The zero-order chi connectivity index (χ0) is 10.4. The third kappa shape index (κ3) is 3.59. The number of aryl methyl sites for hydroxylation is 1. The molecule has 0 unspecified atom stereocenters. The Balaban J connectivity index is 2.55.